The molecule has 1 aromatic rings. The molecule has 1 aromatic heterocycles. The monoisotopic (exact) mass is 277 g/mol. The maximum absolute atomic E-state index is 11.6. The molecule has 1 fully saturated rings. The standard InChI is InChI=1S/C15H23N3O2/c1-11-12(14(19)20-4)5-6-13(17-11)18-9-7-15(2,16-3)8-10-18/h5-6,16H,7-10H2,1-4H3. The number of carbonyl (C=O) groups excluding carboxylic acids is 1. The molecular formula is C15H23N3O2. The number of aromatic nitrogens is 1. The fourth-order valence-corrected chi connectivity index (χ4v) is 2.53. The molecular weight excluding hydrogens is 254 g/mol. The van der Waals surface area contributed by atoms with Gasteiger partial charge in [0.25, 0.3) is 0 Å². The largest absolute Gasteiger partial charge is 0.465 e. The minimum absolute atomic E-state index is 0.220. The van der Waals surface area contributed by atoms with Crippen LogP contribution >= 0.6 is 0 Å². The van der Waals surface area contributed by atoms with Crippen molar-refractivity contribution in [3.05, 3.63) is 23.4 Å². The lowest BCUT2D eigenvalue weighted by molar-refractivity contribution is 0.0599. The molecule has 1 N–H and O–H groups in total. The second-order valence-corrected chi connectivity index (χ2v) is 5.59. The predicted octanol–water partition coefficient (Wildman–Crippen LogP) is 1.75. The topological polar surface area (TPSA) is 54.5 Å². The highest BCUT2D eigenvalue weighted by Crippen LogP contribution is 2.25. The third-order valence-corrected chi connectivity index (χ3v) is 4.27. The molecule has 5 heteroatoms. The number of nitrogens with zero attached hydrogens (tertiary/aromatic N) is 2. The average molecular weight is 277 g/mol. The highest BCUT2D eigenvalue weighted by molar-refractivity contribution is 5.90. The number of nitrogens with one attached hydrogen (secondary N) is 1. The fraction of sp³-hybridized carbons (Fsp3) is 0.600. The van der Waals surface area contributed by atoms with E-state index in [1.165, 1.54) is 7.11 Å². The van der Waals surface area contributed by atoms with Crippen molar-refractivity contribution in [3.63, 3.8) is 0 Å². The summed E-state index contributed by atoms with van der Waals surface area (Å²) in [6.45, 7) is 6.05. The molecule has 2 heterocycles. The molecule has 0 unspecified atom stereocenters. The molecule has 110 valence electrons. The van der Waals surface area contributed by atoms with Gasteiger partial charge in [-0.1, -0.05) is 0 Å². The lowest BCUT2D eigenvalue weighted by Gasteiger charge is -2.39. The summed E-state index contributed by atoms with van der Waals surface area (Å²) in [5, 5.41) is 3.39. The van der Waals surface area contributed by atoms with Gasteiger partial charge in [-0.3, -0.25) is 0 Å². The molecule has 1 saturated heterocycles. The van der Waals surface area contributed by atoms with E-state index in [0.717, 1.165) is 37.4 Å². The molecule has 0 aromatic carbocycles. The average Bonchev–Trinajstić information content (AvgIpc) is 2.47. The molecule has 1 aliphatic heterocycles. The number of esters is 1. The minimum atomic E-state index is -0.331. The van der Waals surface area contributed by atoms with Gasteiger partial charge in [0.15, 0.2) is 0 Å². The Morgan fingerprint density at radius 3 is 2.55 bits per heavy atom. The van der Waals surface area contributed by atoms with Crippen LogP contribution in [0.15, 0.2) is 12.1 Å². The number of pyridine rings is 1. The summed E-state index contributed by atoms with van der Waals surface area (Å²) in [7, 11) is 3.40. The lowest BCUT2D eigenvalue weighted by atomic mass is 9.90. The number of hydrogen-bond acceptors (Lipinski definition) is 5. The van der Waals surface area contributed by atoms with Gasteiger partial charge < -0.3 is 15.0 Å². The molecule has 0 radical (unpaired) electrons. The number of piperidine rings is 1. The van der Waals surface area contributed by atoms with Gasteiger partial charge in [-0.05, 0) is 45.9 Å². The van der Waals surface area contributed by atoms with Crippen LogP contribution < -0.4 is 10.2 Å². The minimum Gasteiger partial charge on any atom is -0.465 e. The van der Waals surface area contributed by atoms with Gasteiger partial charge in [0.05, 0.1) is 18.4 Å². The van der Waals surface area contributed by atoms with Crippen molar-refractivity contribution in [1.82, 2.24) is 10.3 Å². The molecule has 2 rings (SSSR count). The van der Waals surface area contributed by atoms with E-state index in [2.05, 4.69) is 22.1 Å². The Morgan fingerprint density at radius 2 is 2.05 bits per heavy atom. The van der Waals surface area contributed by atoms with Crippen LogP contribution in [0.2, 0.25) is 0 Å². The van der Waals surface area contributed by atoms with E-state index in [1.54, 1.807) is 6.07 Å². The second-order valence-electron chi connectivity index (χ2n) is 5.59. The summed E-state index contributed by atoms with van der Waals surface area (Å²) in [5.41, 5.74) is 1.47. The van der Waals surface area contributed by atoms with Gasteiger partial charge in [-0.2, -0.15) is 0 Å². The first-order chi connectivity index (χ1) is 9.49. The Bertz CT molecular complexity index is 494. The zero-order valence-corrected chi connectivity index (χ0v) is 12.7. The molecule has 0 atom stereocenters. The van der Waals surface area contributed by atoms with Crippen molar-refractivity contribution in [2.24, 2.45) is 0 Å². The quantitative estimate of drug-likeness (QED) is 0.853. The van der Waals surface area contributed by atoms with Crippen LogP contribution in [0, 0.1) is 6.92 Å². The van der Waals surface area contributed by atoms with Crippen LogP contribution in [0.25, 0.3) is 0 Å². The summed E-state index contributed by atoms with van der Waals surface area (Å²) in [6.07, 6.45) is 2.17. The highest BCUT2D eigenvalue weighted by atomic mass is 16.5. The Balaban J connectivity index is 2.12. The van der Waals surface area contributed by atoms with Crippen molar-refractivity contribution < 1.29 is 9.53 Å². The molecule has 0 spiro atoms. The van der Waals surface area contributed by atoms with E-state index in [4.69, 9.17) is 4.74 Å². The number of aryl methyl sites for hydroxylation is 1. The van der Waals surface area contributed by atoms with Crippen LogP contribution in [-0.2, 0) is 4.74 Å². The Kier molecular flexibility index (Phi) is 4.28. The van der Waals surface area contributed by atoms with Crippen LogP contribution in [0.3, 0.4) is 0 Å². The van der Waals surface area contributed by atoms with Crippen LogP contribution in [-0.4, -0.2) is 43.7 Å². The number of methoxy groups -OCH3 is 1. The Morgan fingerprint density at radius 1 is 1.40 bits per heavy atom. The third-order valence-electron chi connectivity index (χ3n) is 4.27. The predicted molar refractivity (Wildman–Crippen MR) is 79.2 cm³/mol. The van der Waals surface area contributed by atoms with Crippen molar-refractivity contribution in [3.8, 4) is 0 Å². The van der Waals surface area contributed by atoms with E-state index in [9.17, 15) is 4.79 Å². The first-order valence-corrected chi connectivity index (χ1v) is 6.99. The summed E-state index contributed by atoms with van der Waals surface area (Å²) >= 11 is 0. The number of carbonyl (C=O) groups is 1. The summed E-state index contributed by atoms with van der Waals surface area (Å²) in [5.74, 6) is 0.608. The van der Waals surface area contributed by atoms with Gasteiger partial charge >= 0.3 is 5.97 Å². The highest BCUT2D eigenvalue weighted by Gasteiger charge is 2.28. The molecule has 0 aliphatic carbocycles. The zero-order valence-electron chi connectivity index (χ0n) is 12.7. The summed E-state index contributed by atoms with van der Waals surface area (Å²) in [6, 6.07) is 3.71. The van der Waals surface area contributed by atoms with Gasteiger partial charge in [0, 0.05) is 18.6 Å². The number of anilines is 1. The Labute approximate surface area is 120 Å². The smallest absolute Gasteiger partial charge is 0.339 e. The number of hydrogen-bond donors (Lipinski definition) is 1. The van der Waals surface area contributed by atoms with Gasteiger partial charge in [-0.25, -0.2) is 9.78 Å². The van der Waals surface area contributed by atoms with Crippen LogP contribution in [0.4, 0.5) is 5.82 Å². The lowest BCUT2D eigenvalue weighted by Crippen LogP contribution is -2.50. The van der Waals surface area contributed by atoms with E-state index in [-0.39, 0.29) is 11.5 Å². The first kappa shape index (κ1) is 14.8. The van der Waals surface area contributed by atoms with Gasteiger partial charge in [0.1, 0.15) is 5.82 Å². The molecule has 0 bridgehead atoms. The van der Waals surface area contributed by atoms with Crippen molar-refractivity contribution >= 4 is 11.8 Å². The molecule has 1 aliphatic rings. The zero-order chi connectivity index (χ0) is 14.8. The van der Waals surface area contributed by atoms with Crippen molar-refractivity contribution in [2.75, 3.05) is 32.1 Å². The van der Waals surface area contributed by atoms with Gasteiger partial charge in [0.2, 0.25) is 0 Å². The summed E-state index contributed by atoms with van der Waals surface area (Å²) < 4.78 is 4.74. The number of ether oxygens (including phenoxy) is 1. The van der Waals surface area contributed by atoms with E-state index >= 15 is 0 Å². The molecule has 5 nitrogen and oxygen atoms in total. The molecule has 20 heavy (non-hydrogen) atoms. The molecule has 0 saturated carbocycles. The normalized spacial score (nSPS) is 17.9. The van der Waals surface area contributed by atoms with E-state index in [1.807, 2.05) is 20.0 Å². The van der Waals surface area contributed by atoms with E-state index < -0.39 is 0 Å². The second kappa shape index (κ2) is 5.79. The number of rotatable bonds is 3. The fourth-order valence-electron chi connectivity index (χ4n) is 2.53. The maximum atomic E-state index is 11.6. The SMILES string of the molecule is CNC1(C)CCN(c2ccc(C(=O)OC)c(C)n2)CC1. The third kappa shape index (κ3) is 2.93. The van der Waals surface area contributed by atoms with Crippen LogP contribution in [0.5, 0.6) is 0 Å². The van der Waals surface area contributed by atoms with Crippen molar-refractivity contribution in [1.29, 1.82) is 0 Å². The van der Waals surface area contributed by atoms with Crippen molar-refractivity contribution in [2.45, 2.75) is 32.2 Å². The van der Waals surface area contributed by atoms with Crippen LogP contribution in [0.1, 0.15) is 35.8 Å². The summed E-state index contributed by atoms with van der Waals surface area (Å²) in [4.78, 5) is 18.4. The maximum Gasteiger partial charge on any atom is 0.339 e. The van der Waals surface area contributed by atoms with Gasteiger partial charge in [-0.15, -0.1) is 0 Å². The Hall–Kier alpha value is -1.62. The first-order valence-electron chi connectivity index (χ1n) is 6.99. The molecule has 0 amide bonds. The van der Waals surface area contributed by atoms with E-state index in [0.29, 0.717) is 5.56 Å².